The third-order valence-corrected chi connectivity index (χ3v) is 2.44. The van der Waals surface area contributed by atoms with Crippen LogP contribution in [-0.2, 0) is 0 Å². The Kier molecular flexibility index (Phi) is 3.60. The summed E-state index contributed by atoms with van der Waals surface area (Å²) in [6, 6.07) is 8.56. The van der Waals surface area contributed by atoms with E-state index in [-0.39, 0.29) is 22.7 Å². The minimum atomic E-state index is -0.808. The number of carbonyl (C=O) groups is 1. The number of ether oxygens (including phenoxy) is 1. The van der Waals surface area contributed by atoms with Crippen molar-refractivity contribution in [1.82, 2.24) is 0 Å². The van der Waals surface area contributed by atoms with Gasteiger partial charge in [-0.15, -0.1) is 0 Å². The Morgan fingerprint density at radius 3 is 2.35 bits per heavy atom. The van der Waals surface area contributed by atoms with Gasteiger partial charge in [0, 0.05) is 11.6 Å². The molecule has 0 aromatic heterocycles. The fourth-order valence-corrected chi connectivity index (χ4v) is 1.53. The van der Waals surface area contributed by atoms with Crippen LogP contribution in [0, 0.1) is 15.9 Å². The summed E-state index contributed by atoms with van der Waals surface area (Å²) < 4.78 is 18.1. The Hall–Kier alpha value is -2.96. The zero-order chi connectivity index (χ0) is 14.7. The molecule has 7 heteroatoms. The van der Waals surface area contributed by atoms with Crippen LogP contribution in [0.25, 0.3) is 0 Å². The predicted octanol–water partition coefficient (Wildman–Crippen LogP) is 2.63. The van der Waals surface area contributed by atoms with E-state index in [1.54, 1.807) is 0 Å². The van der Waals surface area contributed by atoms with Gasteiger partial charge in [0.15, 0.2) is 0 Å². The van der Waals surface area contributed by atoms with E-state index in [1.807, 2.05) is 0 Å². The lowest BCUT2D eigenvalue weighted by molar-refractivity contribution is -0.384. The second kappa shape index (κ2) is 5.35. The van der Waals surface area contributed by atoms with Crippen molar-refractivity contribution in [2.24, 2.45) is 5.73 Å². The van der Waals surface area contributed by atoms with Crippen molar-refractivity contribution < 1.29 is 18.8 Å². The maximum absolute atomic E-state index is 12.8. The molecule has 0 heterocycles. The summed E-state index contributed by atoms with van der Waals surface area (Å²) in [6.45, 7) is 0. The molecule has 0 saturated heterocycles. The van der Waals surface area contributed by atoms with E-state index in [0.29, 0.717) is 0 Å². The average molecular weight is 276 g/mol. The Morgan fingerprint density at radius 2 is 1.80 bits per heavy atom. The number of nitrogens with two attached hydrogens (primary N) is 1. The van der Waals surface area contributed by atoms with E-state index in [1.165, 1.54) is 30.3 Å². The standard InChI is InChI=1S/C13H9FN2O4/c14-9-1-3-11(4-2-9)20-12-6-8(13(15)17)5-10(7-12)16(18)19/h1-7H,(H2,15,17). The van der Waals surface area contributed by atoms with E-state index < -0.39 is 16.6 Å². The zero-order valence-electron chi connectivity index (χ0n) is 10.1. The quantitative estimate of drug-likeness (QED) is 0.685. The Labute approximate surface area is 112 Å². The number of nitro benzene ring substituents is 1. The van der Waals surface area contributed by atoms with Gasteiger partial charge < -0.3 is 10.5 Å². The first-order valence-corrected chi connectivity index (χ1v) is 5.48. The highest BCUT2D eigenvalue weighted by Gasteiger charge is 2.14. The van der Waals surface area contributed by atoms with E-state index in [2.05, 4.69) is 0 Å². The fourth-order valence-electron chi connectivity index (χ4n) is 1.53. The molecule has 102 valence electrons. The third-order valence-electron chi connectivity index (χ3n) is 2.44. The summed E-state index contributed by atoms with van der Waals surface area (Å²) in [5, 5.41) is 10.8. The van der Waals surface area contributed by atoms with E-state index in [9.17, 15) is 19.3 Å². The first kappa shape index (κ1) is 13.5. The molecule has 6 nitrogen and oxygen atoms in total. The number of nitro groups is 1. The SMILES string of the molecule is NC(=O)c1cc(Oc2ccc(F)cc2)cc([N+](=O)[O-])c1. The van der Waals surface area contributed by atoms with Gasteiger partial charge in [0.2, 0.25) is 5.91 Å². The molecular weight excluding hydrogens is 267 g/mol. The van der Waals surface area contributed by atoms with Gasteiger partial charge in [-0.25, -0.2) is 4.39 Å². The van der Waals surface area contributed by atoms with Crippen LogP contribution >= 0.6 is 0 Å². The van der Waals surface area contributed by atoms with Crippen LogP contribution in [0.3, 0.4) is 0 Å². The molecule has 0 saturated carbocycles. The summed E-state index contributed by atoms with van der Waals surface area (Å²) in [4.78, 5) is 21.2. The number of benzene rings is 2. The normalized spacial score (nSPS) is 10.1. The first-order chi connectivity index (χ1) is 9.45. The topological polar surface area (TPSA) is 95.5 Å². The van der Waals surface area contributed by atoms with Gasteiger partial charge in [0.1, 0.15) is 17.3 Å². The number of hydrogen-bond donors (Lipinski definition) is 1. The highest BCUT2D eigenvalue weighted by Crippen LogP contribution is 2.27. The molecule has 0 aliphatic rings. The van der Waals surface area contributed by atoms with Crippen LogP contribution in [0.2, 0.25) is 0 Å². The minimum Gasteiger partial charge on any atom is -0.457 e. The van der Waals surface area contributed by atoms with Crippen molar-refractivity contribution in [1.29, 1.82) is 0 Å². The monoisotopic (exact) mass is 276 g/mol. The smallest absolute Gasteiger partial charge is 0.273 e. The van der Waals surface area contributed by atoms with E-state index >= 15 is 0 Å². The van der Waals surface area contributed by atoms with Crippen molar-refractivity contribution in [3.8, 4) is 11.5 Å². The molecule has 20 heavy (non-hydrogen) atoms. The Morgan fingerprint density at radius 1 is 1.15 bits per heavy atom. The van der Waals surface area contributed by atoms with Crippen LogP contribution in [0.4, 0.5) is 10.1 Å². The molecule has 0 aliphatic heterocycles. The maximum atomic E-state index is 12.8. The molecule has 0 aliphatic carbocycles. The molecule has 2 rings (SSSR count). The number of carbonyl (C=O) groups excluding carboxylic acids is 1. The molecule has 0 bridgehead atoms. The Bertz CT molecular complexity index is 638. The summed E-state index contributed by atoms with van der Waals surface area (Å²) >= 11 is 0. The lowest BCUT2D eigenvalue weighted by atomic mass is 10.2. The molecule has 0 fully saturated rings. The molecule has 2 aromatic carbocycles. The van der Waals surface area contributed by atoms with Crippen molar-refractivity contribution in [3.63, 3.8) is 0 Å². The van der Waals surface area contributed by atoms with Crippen molar-refractivity contribution >= 4 is 11.6 Å². The first-order valence-electron chi connectivity index (χ1n) is 5.48. The molecule has 2 N–H and O–H groups in total. The summed E-state index contributed by atoms with van der Waals surface area (Å²) in [6.07, 6.45) is 0. The zero-order valence-corrected chi connectivity index (χ0v) is 10.1. The Balaban J connectivity index is 2.37. The second-order valence-electron chi connectivity index (χ2n) is 3.89. The number of amides is 1. The highest BCUT2D eigenvalue weighted by atomic mass is 19.1. The van der Waals surface area contributed by atoms with Gasteiger partial charge in [0.05, 0.1) is 11.0 Å². The lowest BCUT2D eigenvalue weighted by Gasteiger charge is -2.06. The van der Waals surface area contributed by atoms with Crippen molar-refractivity contribution in [2.45, 2.75) is 0 Å². The number of hydrogen-bond acceptors (Lipinski definition) is 4. The van der Waals surface area contributed by atoms with Gasteiger partial charge in [-0.2, -0.15) is 0 Å². The molecule has 0 unspecified atom stereocenters. The van der Waals surface area contributed by atoms with E-state index in [4.69, 9.17) is 10.5 Å². The second-order valence-corrected chi connectivity index (χ2v) is 3.89. The lowest BCUT2D eigenvalue weighted by Crippen LogP contribution is -2.11. The van der Waals surface area contributed by atoms with Crippen LogP contribution < -0.4 is 10.5 Å². The fraction of sp³-hybridized carbons (Fsp3) is 0. The molecule has 1 amide bonds. The summed E-state index contributed by atoms with van der Waals surface area (Å²) in [5.74, 6) is -0.895. The number of primary amides is 1. The van der Waals surface area contributed by atoms with Crippen LogP contribution in [0.5, 0.6) is 11.5 Å². The molecule has 0 spiro atoms. The van der Waals surface area contributed by atoms with Gasteiger partial charge in [-0.05, 0) is 30.3 Å². The maximum Gasteiger partial charge on any atom is 0.273 e. The minimum absolute atomic E-state index is 0.0451. The molecule has 2 aromatic rings. The molecule has 0 radical (unpaired) electrons. The van der Waals surface area contributed by atoms with Crippen LogP contribution in [-0.4, -0.2) is 10.8 Å². The van der Waals surface area contributed by atoms with Gasteiger partial charge in [-0.3, -0.25) is 14.9 Å². The van der Waals surface area contributed by atoms with Gasteiger partial charge in [-0.1, -0.05) is 0 Å². The highest BCUT2D eigenvalue weighted by molar-refractivity contribution is 5.94. The number of halogens is 1. The summed E-state index contributed by atoms with van der Waals surface area (Å²) in [5.41, 5.74) is 4.73. The van der Waals surface area contributed by atoms with Crippen molar-refractivity contribution in [3.05, 3.63) is 64.0 Å². The third kappa shape index (κ3) is 3.08. The van der Waals surface area contributed by atoms with Gasteiger partial charge >= 0.3 is 0 Å². The molecular formula is C13H9FN2O4. The van der Waals surface area contributed by atoms with Crippen LogP contribution in [0.1, 0.15) is 10.4 Å². The number of nitrogens with zero attached hydrogens (tertiary/aromatic N) is 1. The number of rotatable bonds is 4. The number of non-ortho nitro benzene ring substituents is 1. The summed E-state index contributed by atoms with van der Waals surface area (Å²) in [7, 11) is 0. The van der Waals surface area contributed by atoms with Crippen LogP contribution in [0.15, 0.2) is 42.5 Å². The predicted molar refractivity (Wildman–Crippen MR) is 68.1 cm³/mol. The van der Waals surface area contributed by atoms with Crippen molar-refractivity contribution in [2.75, 3.05) is 0 Å². The average Bonchev–Trinajstić information content (AvgIpc) is 2.41. The van der Waals surface area contributed by atoms with Gasteiger partial charge in [0.25, 0.3) is 5.69 Å². The molecule has 0 atom stereocenters. The largest absolute Gasteiger partial charge is 0.457 e. The van der Waals surface area contributed by atoms with E-state index in [0.717, 1.165) is 12.1 Å².